The van der Waals surface area contributed by atoms with Crippen LogP contribution in [0.3, 0.4) is 0 Å². The summed E-state index contributed by atoms with van der Waals surface area (Å²) in [4.78, 5) is 2.38. The van der Waals surface area contributed by atoms with E-state index in [-0.39, 0.29) is 0 Å². The van der Waals surface area contributed by atoms with Crippen LogP contribution in [0.4, 0.5) is 0 Å². The highest BCUT2D eigenvalue weighted by molar-refractivity contribution is 5.28. The molecule has 0 spiro atoms. The van der Waals surface area contributed by atoms with Crippen molar-refractivity contribution in [1.82, 2.24) is 4.90 Å². The number of nitrogens with zero attached hydrogens (tertiary/aromatic N) is 1. The van der Waals surface area contributed by atoms with Gasteiger partial charge in [0.05, 0.1) is 12.7 Å². The first kappa shape index (κ1) is 12.4. The zero-order valence-corrected chi connectivity index (χ0v) is 10.6. The van der Waals surface area contributed by atoms with Crippen molar-refractivity contribution in [2.45, 2.75) is 31.9 Å². The molecule has 0 aliphatic carbocycles. The van der Waals surface area contributed by atoms with Crippen LogP contribution in [-0.2, 0) is 6.54 Å². The number of benzene rings is 1. The van der Waals surface area contributed by atoms with E-state index in [4.69, 9.17) is 4.74 Å². The Hall–Kier alpha value is -1.06. The fraction of sp³-hybridized carbons (Fsp3) is 0.571. The summed E-state index contributed by atoms with van der Waals surface area (Å²) in [7, 11) is 1.69. The van der Waals surface area contributed by atoms with Crippen molar-refractivity contribution < 1.29 is 9.84 Å². The normalized spacial score (nSPS) is 20.2. The van der Waals surface area contributed by atoms with Gasteiger partial charge in [0.15, 0.2) is 0 Å². The Morgan fingerprint density at radius 2 is 2.06 bits per heavy atom. The van der Waals surface area contributed by atoms with Crippen LogP contribution in [0.5, 0.6) is 5.75 Å². The summed E-state index contributed by atoms with van der Waals surface area (Å²) in [6.07, 6.45) is 1.72. The summed E-state index contributed by atoms with van der Waals surface area (Å²) in [6.45, 7) is 4.79. The molecular formula is C14H21NO2. The lowest BCUT2D eigenvalue weighted by molar-refractivity contribution is -0.00731. The number of ether oxygens (including phenoxy) is 1. The largest absolute Gasteiger partial charge is 0.497 e. The quantitative estimate of drug-likeness (QED) is 0.870. The van der Waals surface area contributed by atoms with Gasteiger partial charge in [0, 0.05) is 19.6 Å². The number of hydrogen-bond acceptors (Lipinski definition) is 3. The van der Waals surface area contributed by atoms with Gasteiger partial charge < -0.3 is 9.84 Å². The highest BCUT2D eigenvalue weighted by atomic mass is 16.5. The molecule has 94 valence electrons. The molecule has 1 heterocycles. The maximum Gasteiger partial charge on any atom is 0.119 e. The van der Waals surface area contributed by atoms with Gasteiger partial charge in [-0.3, -0.25) is 4.90 Å². The molecule has 1 N–H and O–H groups in total. The van der Waals surface area contributed by atoms with Gasteiger partial charge in [-0.1, -0.05) is 12.1 Å². The number of likely N-dealkylation sites (tertiary alicyclic amines) is 1. The summed E-state index contributed by atoms with van der Waals surface area (Å²) >= 11 is 0. The Morgan fingerprint density at radius 3 is 2.71 bits per heavy atom. The second kappa shape index (κ2) is 5.07. The molecule has 3 heteroatoms. The Labute approximate surface area is 103 Å². The molecule has 1 aromatic rings. The molecule has 0 aromatic heterocycles. The van der Waals surface area contributed by atoms with E-state index in [1.165, 1.54) is 5.56 Å². The molecule has 1 aromatic carbocycles. The van der Waals surface area contributed by atoms with Crippen molar-refractivity contribution in [2.75, 3.05) is 20.2 Å². The van der Waals surface area contributed by atoms with Crippen molar-refractivity contribution in [3.05, 3.63) is 29.8 Å². The first-order valence-corrected chi connectivity index (χ1v) is 6.17. The third-order valence-electron chi connectivity index (χ3n) is 3.47. The van der Waals surface area contributed by atoms with Gasteiger partial charge in [-0.25, -0.2) is 0 Å². The van der Waals surface area contributed by atoms with Crippen molar-refractivity contribution in [1.29, 1.82) is 0 Å². The maximum atomic E-state index is 9.89. The fourth-order valence-corrected chi connectivity index (χ4v) is 2.22. The lowest BCUT2D eigenvalue weighted by Gasteiger charge is -2.35. The summed E-state index contributed by atoms with van der Waals surface area (Å²) in [5.74, 6) is 0.909. The number of piperidine rings is 1. The van der Waals surface area contributed by atoms with E-state index in [2.05, 4.69) is 17.0 Å². The molecular weight excluding hydrogens is 214 g/mol. The highest BCUT2D eigenvalue weighted by Crippen LogP contribution is 2.23. The van der Waals surface area contributed by atoms with E-state index in [1.807, 2.05) is 19.1 Å². The molecule has 1 fully saturated rings. The van der Waals surface area contributed by atoms with Crippen LogP contribution in [0.1, 0.15) is 25.3 Å². The fourth-order valence-electron chi connectivity index (χ4n) is 2.22. The Balaban J connectivity index is 1.93. The standard InChI is InChI=1S/C14H21NO2/c1-14(16)6-8-15(9-7-14)11-12-4-3-5-13(10-12)17-2/h3-5,10,16H,6-9,11H2,1-2H3. The van der Waals surface area contributed by atoms with Gasteiger partial charge in [0.1, 0.15) is 5.75 Å². The Bertz CT molecular complexity index is 366. The number of hydrogen-bond donors (Lipinski definition) is 1. The van der Waals surface area contributed by atoms with Crippen LogP contribution < -0.4 is 4.74 Å². The van der Waals surface area contributed by atoms with Gasteiger partial charge in [-0.05, 0) is 37.5 Å². The maximum absolute atomic E-state index is 9.89. The van der Waals surface area contributed by atoms with Crippen LogP contribution >= 0.6 is 0 Å². The topological polar surface area (TPSA) is 32.7 Å². The monoisotopic (exact) mass is 235 g/mol. The Kier molecular flexibility index (Phi) is 3.69. The predicted molar refractivity (Wildman–Crippen MR) is 68.1 cm³/mol. The first-order chi connectivity index (χ1) is 8.09. The highest BCUT2D eigenvalue weighted by Gasteiger charge is 2.26. The number of aliphatic hydroxyl groups is 1. The van der Waals surface area contributed by atoms with E-state index in [9.17, 15) is 5.11 Å². The summed E-state index contributed by atoms with van der Waals surface area (Å²) in [5, 5.41) is 9.89. The minimum atomic E-state index is -0.467. The van der Waals surface area contributed by atoms with Crippen molar-refractivity contribution >= 4 is 0 Å². The summed E-state index contributed by atoms with van der Waals surface area (Å²) < 4.78 is 5.22. The number of rotatable bonds is 3. The van der Waals surface area contributed by atoms with Crippen LogP contribution in [0.2, 0.25) is 0 Å². The smallest absolute Gasteiger partial charge is 0.119 e. The minimum absolute atomic E-state index is 0.467. The number of methoxy groups -OCH3 is 1. The molecule has 1 aliphatic rings. The summed E-state index contributed by atoms with van der Waals surface area (Å²) in [5.41, 5.74) is 0.802. The van der Waals surface area contributed by atoms with Crippen LogP contribution in [0.15, 0.2) is 24.3 Å². The molecule has 1 saturated heterocycles. The zero-order chi connectivity index (χ0) is 12.3. The van der Waals surface area contributed by atoms with Crippen LogP contribution in [0.25, 0.3) is 0 Å². The van der Waals surface area contributed by atoms with E-state index in [0.29, 0.717) is 0 Å². The average Bonchev–Trinajstić information content (AvgIpc) is 2.32. The molecule has 0 saturated carbocycles. The molecule has 2 rings (SSSR count). The average molecular weight is 235 g/mol. The Morgan fingerprint density at radius 1 is 1.35 bits per heavy atom. The minimum Gasteiger partial charge on any atom is -0.497 e. The molecule has 0 amide bonds. The van der Waals surface area contributed by atoms with Crippen molar-refractivity contribution in [3.8, 4) is 5.75 Å². The van der Waals surface area contributed by atoms with E-state index < -0.39 is 5.60 Å². The third-order valence-corrected chi connectivity index (χ3v) is 3.47. The molecule has 0 radical (unpaired) electrons. The lowest BCUT2D eigenvalue weighted by Crippen LogP contribution is -2.41. The van der Waals surface area contributed by atoms with E-state index >= 15 is 0 Å². The molecule has 0 bridgehead atoms. The van der Waals surface area contributed by atoms with Gasteiger partial charge in [-0.2, -0.15) is 0 Å². The zero-order valence-electron chi connectivity index (χ0n) is 10.6. The van der Waals surface area contributed by atoms with Gasteiger partial charge in [0.25, 0.3) is 0 Å². The lowest BCUT2D eigenvalue weighted by atomic mass is 9.93. The molecule has 1 aliphatic heterocycles. The first-order valence-electron chi connectivity index (χ1n) is 6.17. The van der Waals surface area contributed by atoms with Gasteiger partial charge in [-0.15, -0.1) is 0 Å². The van der Waals surface area contributed by atoms with Gasteiger partial charge >= 0.3 is 0 Å². The third kappa shape index (κ3) is 3.45. The van der Waals surface area contributed by atoms with Crippen LogP contribution in [0, 0.1) is 0 Å². The summed E-state index contributed by atoms with van der Waals surface area (Å²) in [6, 6.07) is 8.18. The molecule has 0 unspecified atom stereocenters. The molecule has 17 heavy (non-hydrogen) atoms. The molecule has 0 atom stereocenters. The van der Waals surface area contributed by atoms with Crippen molar-refractivity contribution in [3.63, 3.8) is 0 Å². The van der Waals surface area contributed by atoms with Crippen molar-refractivity contribution in [2.24, 2.45) is 0 Å². The second-order valence-corrected chi connectivity index (χ2v) is 5.12. The van der Waals surface area contributed by atoms with E-state index in [1.54, 1.807) is 7.11 Å². The second-order valence-electron chi connectivity index (χ2n) is 5.12. The van der Waals surface area contributed by atoms with E-state index in [0.717, 1.165) is 38.2 Å². The van der Waals surface area contributed by atoms with Crippen LogP contribution in [-0.4, -0.2) is 35.8 Å². The van der Waals surface area contributed by atoms with Gasteiger partial charge in [0.2, 0.25) is 0 Å². The molecule has 3 nitrogen and oxygen atoms in total. The predicted octanol–water partition coefficient (Wildman–Crippen LogP) is 2.04. The SMILES string of the molecule is COc1cccc(CN2CCC(C)(O)CC2)c1.